The summed E-state index contributed by atoms with van der Waals surface area (Å²) >= 11 is 21.7. The normalized spacial score (nSPS) is 37.7. The fraction of sp³-hybridized carbons (Fsp3) is 0.455. The molecule has 0 radical (unpaired) electrons. The first-order chi connectivity index (χ1) is 21.3. The summed E-state index contributed by atoms with van der Waals surface area (Å²) in [5, 5.41) is 23.1. The molecule has 4 unspecified atom stereocenters. The summed E-state index contributed by atoms with van der Waals surface area (Å²) in [5.41, 5.74) is 7.33. The predicted molar refractivity (Wildman–Crippen MR) is 164 cm³/mol. The third-order valence-corrected chi connectivity index (χ3v) is 11.4. The second kappa shape index (κ2) is 11.9. The monoisotopic (exact) mass is 741 g/mol. The largest absolute Gasteiger partial charge is 0.386 e. The maximum absolute atomic E-state index is 13.5. The van der Waals surface area contributed by atoms with Gasteiger partial charge in [-0.15, -0.1) is 0 Å². The summed E-state index contributed by atoms with van der Waals surface area (Å²) in [6, 6.07) is 3.10. The van der Waals surface area contributed by atoms with Gasteiger partial charge in [-0.05, 0) is 23.9 Å². The van der Waals surface area contributed by atoms with Gasteiger partial charge in [0.1, 0.15) is 48.5 Å². The van der Waals surface area contributed by atoms with E-state index in [1.165, 1.54) is 28.1 Å². The van der Waals surface area contributed by atoms with Crippen molar-refractivity contribution in [1.29, 1.82) is 0 Å². The second-order valence-corrected chi connectivity index (χ2v) is 16.8. The van der Waals surface area contributed by atoms with Crippen molar-refractivity contribution in [1.82, 2.24) is 29.1 Å². The van der Waals surface area contributed by atoms with Gasteiger partial charge < -0.3 is 39.4 Å². The van der Waals surface area contributed by atoms with E-state index < -0.39 is 75.8 Å². The third kappa shape index (κ3) is 5.92. The molecule has 3 aromatic heterocycles. The van der Waals surface area contributed by atoms with Gasteiger partial charge in [0.15, 0.2) is 23.9 Å². The molecule has 10 atom stereocenters. The lowest BCUT2D eigenvalue weighted by Crippen LogP contribution is -2.38. The number of hydrogen-bond acceptors (Lipinski definition) is 15. The Bertz CT molecular complexity index is 1890. The van der Waals surface area contributed by atoms with Crippen molar-refractivity contribution in [2.75, 3.05) is 18.9 Å². The number of aromatic nitrogens is 6. The number of imidazole rings is 2. The summed E-state index contributed by atoms with van der Waals surface area (Å²) < 4.78 is 50.9. The Labute approximate surface area is 273 Å². The molecule has 3 fully saturated rings. The van der Waals surface area contributed by atoms with E-state index in [4.69, 9.17) is 68.3 Å². The Kier molecular flexibility index (Phi) is 8.46. The quantitative estimate of drug-likeness (QED) is 0.147. The van der Waals surface area contributed by atoms with Crippen LogP contribution in [-0.4, -0.2) is 94.0 Å². The van der Waals surface area contributed by atoms with Gasteiger partial charge in [-0.1, -0.05) is 35.5 Å². The van der Waals surface area contributed by atoms with Crippen molar-refractivity contribution >= 4 is 88.8 Å². The highest BCUT2D eigenvalue weighted by molar-refractivity contribution is 8.44. The van der Waals surface area contributed by atoms with E-state index in [1.807, 2.05) is 0 Å². The number of halogens is 2. The number of nitrogens with two attached hydrogens (primary N) is 1. The minimum absolute atomic E-state index is 0.107. The minimum atomic E-state index is -4.26. The van der Waals surface area contributed by atoms with E-state index in [1.54, 1.807) is 12.1 Å². The van der Waals surface area contributed by atoms with Gasteiger partial charge >= 0.3 is 13.5 Å². The van der Waals surface area contributed by atoms with Crippen LogP contribution < -0.4 is 5.73 Å². The molecule has 45 heavy (non-hydrogen) atoms. The highest BCUT2D eigenvalue weighted by atomic mass is 35.5. The van der Waals surface area contributed by atoms with Crippen LogP contribution in [0.5, 0.6) is 0 Å². The number of nitrogens with zero attached hydrogens (tertiary/aromatic N) is 6. The van der Waals surface area contributed by atoms with Crippen LogP contribution in [0.15, 0.2) is 31.1 Å². The van der Waals surface area contributed by atoms with Crippen LogP contribution in [0, 0.1) is 0 Å². The van der Waals surface area contributed by atoms with Crippen molar-refractivity contribution in [3.05, 3.63) is 41.2 Å². The predicted octanol–water partition coefficient (Wildman–Crippen LogP) is 2.35. The number of rotatable bonds is 2. The van der Waals surface area contributed by atoms with Crippen molar-refractivity contribution < 1.29 is 47.2 Å². The molecule has 17 nitrogen and oxygen atoms in total. The molecule has 4 aromatic rings. The number of fused-ring (bicyclic) bond motifs is 4. The van der Waals surface area contributed by atoms with Gasteiger partial charge in [-0.25, -0.2) is 24.5 Å². The number of thiol groups is 1. The average Bonchev–Trinajstić information content (AvgIpc) is 3.73. The highest BCUT2D eigenvalue weighted by Crippen LogP contribution is 2.58. The van der Waals surface area contributed by atoms with E-state index in [2.05, 4.69) is 32.2 Å². The Morgan fingerprint density at radius 1 is 0.933 bits per heavy atom. The van der Waals surface area contributed by atoms with Crippen molar-refractivity contribution in [2.45, 2.75) is 49.1 Å². The molecule has 0 bridgehead atoms. The number of nitrogen functional groups attached to an aromatic ring is 1. The van der Waals surface area contributed by atoms with Crippen molar-refractivity contribution in [3.63, 3.8) is 0 Å². The number of hydrogen-bond donors (Lipinski definition) is 5. The first-order valence-electron chi connectivity index (χ1n) is 13.0. The smallest absolute Gasteiger partial charge is 0.386 e. The molecular formula is C22H23Cl2N7O10P2S2. The molecule has 3 aliphatic heterocycles. The molecule has 3 saturated heterocycles. The lowest BCUT2D eigenvalue weighted by Gasteiger charge is -2.29. The van der Waals surface area contributed by atoms with E-state index in [0.29, 0.717) is 11.0 Å². The Hall–Kier alpha value is -1.51. The molecule has 23 heteroatoms. The standard InChI is InChI=1S/C22H23Cl2N7O10P2S2/c23-8-1-10-11(2-9(8)24)30(6-28-10)21-15(32)17-12(38-21)3-36-43(35,45)41-18-13(4-37-42(34,44)40-17)39-22(16(18)33)31-7-29-14-19(25)26-5-27-20(14)31/h1-2,5-7,12-13,15-18,21-22,32-33H,3-4H2,(H,34,44)(H,35,45)(H2,25,26,27)/t12-,13-,15?,16+,17+,18?,21-,22-,42?,43?/m1/s1. The highest BCUT2D eigenvalue weighted by Gasteiger charge is 2.52. The molecule has 0 spiro atoms. The molecule has 7 rings (SSSR count). The average molecular weight is 742 g/mol. The molecule has 5 N–H and O–H groups in total. The maximum Gasteiger partial charge on any atom is 0.386 e. The number of anilines is 1. The number of ether oxygens (including phenoxy) is 2. The lowest BCUT2D eigenvalue weighted by atomic mass is 10.1. The summed E-state index contributed by atoms with van der Waals surface area (Å²) in [7, 11) is 0. The summed E-state index contributed by atoms with van der Waals surface area (Å²) in [5.74, 6) is 0.107. The molecular weight excluding hydrogens is 719 g/mol. The van der Waals surface area contributed by atoms with E-state index in [-0.39, 0.29) is 27.0 Å². The molecule has 242 valence electrons. The summed E-state index contributed by atoms with van der Waals surface area (Å²) in [6.07, 6.45) is -6.37. The number of aliphatic hydroxyl groups excluding tert-OH is 2. The first kappa shape index (κ1) is 32.1. The van der Waals surface area contributed by atoms with E-state index >= 15 is 0 Å². The molecule has 0 amide bonds. The Morgan fingerprint density at radius 2 is 1.56 bits per heavy atom. The fourth-order valence-corrected chi connectivity index (χ4v) is 8.66. The van der Waals surface area contributed by atoms with Crippen LogP contribution in [0.25, 0.3) is 22.2 Å². The zero-order valence-corrected chi connectivity index (χ0v) is 27.4. The molecule has 1 aromatic carbocycles. The minimum Gasteiger partial charge on any atom is -0.386 e. The van der Waals surface area contributed by atoms with Crippen LogP contribution in [0.2, 0.25) is 10.0 Å². The van der Waals surface area contributed by atoms with Crippen LogP contribution in [0.1, 0.15) is 12.5 Å². The zero-order chi connectivity index (χ0) is 31.8. The van der Waals surface area contributed by atoms with Crippen LogP contribution in [-0.2, 0) is 43.9 Å². The van der Waals surface area contributed by atoms with Gasteiger partial charge in [0, 0.05) is 0 Å². The SMILES string of the molecule is Nc1ncnc2c1ncn2[C@@H]1O[C@@H]2COP(O)(=S)O[C@@H]3C(O)[C@H](n4cnc5cc(Cl)c(Cl)cc54)O[C@@H]3COP(=O)(S)OC2[C@@H]1O. The van der Waals surface area contributed by atoms with Gasteiger partial charge in [-0.2, -0.15) is 0 Å². The van der Waals surface area contributed by atoms with E-state index in [9.17, 15) is 19.7 Å². The molecule has 0 aliphatic carbocycles. The number of aliphatic hydroxyl groups is 2. The van der Waals surface area contributed by atoms with Crippen LogP contribution in [0.3, 0.4) is 0 Å². The first-order valence-corrected chi connectivity index (χ1v) is 19.1. The van der Waals surface area contributed by atoms with Crippen molar-refractivity contribution in [2.24, 2.45) is 0 Å². The lowest BCUT2D eigenvalue weighted by molar-refractivity contribution is -0.0576. The van der Waals surface area contributed by atoms with Gasteiger partial charge in [0.25, 0.3) is 0 Å². The summed E-state index contributed by atoms with van der Waals surface area (Å²) in [6.45, 7) is -9.38. The van der Waals surface area contributed by atoms with Crippen LogP contribution >= 0.6 is 49.0 Å². The summed E-state index contributed by atoms with van der Waals surface area (Å²) in [4.78, 5) is 27.5. The Balaban J connectivity index is 1.16. The van der Waals surface area contributed by atoms with Crippen molar-refractivity contribution in [3.8, 4) is 0 Å². The van der Waals surface area contributed by atoms with Crippen LogP contribution in [0.4, 0.5) is 5.82 Å². The second-order valence-electron chi connectivity index (χ2n) is 10.3. The third-order valence-electron chi connectivity index (χ3n) is 7.48. The Morgan fingerprint density at radius 3 is 2.29 bits per heavy atom. The molecule has 3 aliphatic rings. The maximum atomic E-state index is 13.5. The van der Waals surface area contributed by atoms with Gasteiger partial charge in [0.05, 0.1) is 46.9 Å². The fourth-order valence-electron chi connectivity index (χ4n) is 5.41. The topological polar surface area (TPSA) is 221 Å². The zero-order valence-electron chi connectivity index (χ0n) is 22.4. The van der Waals surface area contributed by atoms with Gasteiger partial charge in [-0.3, -0.25) is 18.1 Å². The van der Waals surface area contributed by atoms with Gasteiger partial charge in [0.2, 0.25) is 0 Å². The van der Waals surface area contributed by atoms with E-state index in [0.717, 1.165) is 0 Å². The number of benzene rings is 1. The molecule has 0 saturated carbocycles. The molecule has 6 heterocycles.